The molecular formula is C16H27NO3. The molecular weight excluding hydrogens is 254 g/mol. The van der Waals surface area contributed by atoms with Crippen molar-refractivity contribution in [3.8, 4) is 0 Å². The summed E-state index contributed by atoms with van der Waals surface area (Å²) in [4.78, 5) is 25.7. The zero-order chi connectivity index (χ0) is 15.3. The zero-order valence-electron chi connectivity index (χ0n) is 13.1. The number of carbonyl (C=O) groups excluding carboxylic acids is 1. The monoisotopic (exact) mass is 281 g/mol. The first-order chi connectivity index (χ1) is 9.37. The van der Waals surface area contributed by atoms with Gasteiger partial charge in [-0.05, 0) is 26.7 Å². The van der Waals surface area contributed by atoms with Crippen LogP contribution in [0.3, 0.4) is 0 Å². The van der Waals surface area contributed by atoms with Gasteiger partial charge in [-0.3, -0.25) is 4.79 Å². The Bertz CT molecular complexity index is 399. The van der Waals surface area contributed by atoms with Crippen molar-refractivity contribution >= 4 is 11.9 Å². The maximum atomic E-state index is 12.3. The molecule has 114 valence electrons. The van der Waals surface area contributed by atoms with E-state index >= 15 is 0 Å². The standard InChI is InChI=1S/C16H27NO3/c1-5-7-8-16(6-2,15(19)20)17-11-13(9-12(3)4)10-14(17)18/h9,13H,5-8,10-11H2,1-4H3,(H,19,20). The predicted octanol–water partition coefficient (Wildman–Crippen LogP) is 3.22. The van der Waals surface area contributed by atoms with Crippen molar-refractivity contribution in [1.82, 2.24) is 4.90 Å². The van der Waals surface area contributed by atoms with E-state index in [1.165, 1.54) is 5.57 Å². The number of hydrogen-bond acceptors (Lipinski definition) is 2. The first-order valence-corrected chi connectivity index (χ1v) is 7.56. The minimum atomic E-state index is -1.02. The van der Waals surface area contributed by atoms with Gasteiger partial charge in [-0.15, -0.1) is 0 Å². The number of carbonyl (C=O) groups is 2. The fraction of sp³-hybridized carbons (Fsp3) is 0.750. The van der Waals surface area contributed by atoms with Crippen molar-refractivity contribution in [2.24, 2.45) is 5.92 Å². The van der Waals surface area contributed by atoms with Crippen LogP contribution in [0.2, 0.25) is 0 Å². The Morgan fingerprint density at radius 3 is 2.55 bits per heavy atom. The Balaban J connectivity index is 3.00. The van der Waals surface area contributed by atoms with E-state index in [9.17, 15) is 14.7 Å². The average molecular weight is 281 g/mol. The molecule has 4 nitrogen and oxygen atoms in total. The Kier molecular flexibility index (Phi) is 5.78. The van der Waals surface area contributed by atoms with Crippen molar-refractivity contribution < 1.29 is 14.7 Å². The normalized spacial score (nSPS) is 21.7. The van der Waals surface area contributed by atoms with Gasteiger partial charge in [0.15, 0.2) is 0 Å². The molecule has 2 atom stereocenters. The summed E-state index contributed by atoms with van der Waals surface area (Å²) in [7, 11) is 0. The summed E-state index contributed by atoms with van der Waals surface area (Å²) in [5.41, 5.74) is 0.160. The van der Waals surface area contributed by atoms with Crippen LogP contribution >= 0.6 is 0 Å². The largest absolute Gasteiger partial charge is 0.479 e. The van der Waals surface area contributed by atoms with E-state index < -0.39 is 11.5 Å². The lowest BCUT2D eigenvalue weighted by Crippen LogP contribution is -2.55. The molecule has 0 aliphatic carbocycles. The Labute approximate surface area is 121 Å². The molecule has 1 fully saturated rings. The third kappa shape index (κ3) is 3.41. The minimum Gasteiger partial charge on any atom is -0.479 e. The fourth-order valence-electron chi connectivity index (χ4n) is 3.08. The van der Waals surface area contributed by atoms with Crippen LogP contribution < -0.4 is 0 Å². The number of rotatable bonds is 7. The van der Waals surface area contributed by atoms with E-state index in [4.69, 9.17) is 0 Å². The van der Waals surface area contributed by atoms with Crippen molar-refractivity contribution in [1.29, 1.82) is 0 Å². The zero-order valence-corrected chi connectivity index (χ0v) is 13.1. The summed E-state index contributed by atoms with van der Waals surface area (Å²) in [5.74, 6) is -0.730. The Morgan fingerprint density at radius 2 is 2.10 bits per heavy atom. The topological polar surface area (TPSA) is 57.6 Å². The number of carboxylic acid groups (broad SMARTS) is 1. The molecule has 20 heavy (non-hydrogen) atoms. The SMILES string of the molecule is CCCCC(CC)(C(=O)O)N1CC(C=C(C)C)CC1=O. The van der Waals surface area contributed by atoms with Gasteiger partial charge in [-0.25, -0.2) is 4.79 Å². The number of nitrogens with zero attached hydrogens (tertiary/aromatic N) is 1. The third-order valence-electron chi connectivity index (χ3n) is 4.17. The van der Waals surface area contributed by atoms with Gasteiger partial charge >= 0.3 is 5.97 Å². The van der Waals surface area contributed by atoms with Crippen molar-refractivity contribution in [2.45, 2.75) is 65.3 Å². The van der Waals surface area contributed by atoms with Gasteiger partial charge in [0.1, 0.15) is 5.54 Å². The second kappa shape index (κ2) is 6.91. The lowest BCUT2D eigenvalue weighted by atomic mass is 9.88. The lowest BCUT2D eigenvalue weighted by Gasteiger charge is -2.38. The first-order valence-electron chi connectivity index (χ1n) is 7.56. The maximum absolute atomic E-state index is 12.3. The van der Waals surface area contributed by atoms with Crippen molar-refractivity contribution in [2.75, 3.05) is 6.54 Å². The molecule has 1 N–H and O–H groups in total. The van der Waals surface area contributed by atoms with Gasteiger partial charge in [0.25, 0.3) is 0 Å². The molecule has 0 aromatic carbocycles. The summed E-state index contributed by atoms with van der Waals surface area (Å²) >= 11 is 0. The number of hydrogen-bond donors (Lipinski definition) is 1. The highest BCUT2D eigenvalue weighted by Gasteiger charge is 2.47. The molecule has 0 radical (unpaired) electrons. The molecule has 1 aliphatic rings. The highest BCUT2D eigenvalue weighted by molar-refractivity contribution is 5.88. The molecule has 1 heterocycles. The quantitative estimate of drug-likeness (QED) is 0.729. The van der Waals surface area contributed by atoms with E-state index in [1.807, 2.05) is 27.7 Å². The van der Waals surface area contributed by atoms with E-state index in [-0.39, 0.29) is 11.8 Å². The molecule has 0 bridgehead atoms. The molecule has 1 saturated heterocycles. The summed E-state index contributed by atoms with van der Waals surface area (Å²) in [6.07, 6.45) is 5.30. The Morgan fingerprint density at radius 1 is 1.45 bits per heavy atom. The number of aliphatic carboxylic acids is 1. The predicted molar refractivity (Wildman–Crippen MR) is 79.4 cm³/mol. The second-order valence-corrected chi connectivity index (χ2v) is 6.01. The number of allylic oxidation sites excluding steroid dienone is 1. The molecule has 0 saturated carbocycles. The first kappa shape index (κ1) is 16.7. The molecule has 2 unspecified atom stereocenters. The molecule has 0 aromatic heterocycles. The second-order valence-electron chi connectivity index (χ2n) is 6.01. The van der Waals surface area contributed by atoms with Gasteiger partial charge in [0, 0.05) is 18.9 Å². The van der Waals surface area contributed by atoms with Crippen LogP contribution in [-0.2, 0) is 9.59 Å². The average Bonchev–Trinajstić information content (AvgIpc) is 2.71. The molecule has 0 spiro atoms. The van der Waals surface area contributed by atoms with Gasteiger partial charge in [-0.1, -0.05) is 38.3 Å². The Hall–Kier alpha value is -1.32. The third-order valence-corrected chi connectivity index (χ3v) is 4.17. The molecule has 1 amide bonds. The minimum absolute atomic E-state index is 0.0205. The number of unbranched alkanes of at least 4 members (excludes halogenated alkanes) is 1. The van der Waals surface area contributed by atoms with Crippen LogP contribution in [0.15, 0.2) is 11.6 Å². The molecule has 1 aliphatic heterocycles. The van der Waals surface area contributed by atoms with Crippen molar-refractivity contribution in [3.63, 3.8) is 0 Å². The van der Waals surface area contributed by atoms with E-state index in [0.717, 1.165) is 12.8 Å². The van der Waals surface area contributed by atoms with Gasteiger partial charge in [-0.2, -0.15) is 0 Å². The number of carboxylic acids is 1. The van der Waals surface area contributed by atoms with Crippen LogP contribution in [0.5, 0.6) is 0 Å². The van der Waals surface area contributed by atoms with E-state index in [1.54, 1.807) is 4.90 Å². The molecule has 1 rings (SSSR count). The summed E-state index contributed by atoms with van der Waals surface area (Å²) in [6, 6.07) is 0. The molecule has 0 aromatic rings. The summed E-state index contributed by atoms with van der Waals surface area (Å²) in [6.45, 7) is 8.46. The van der Waals surface area contributed by atoms with Crippen LogP contribution in [0.4, 0.5) is 0 Å². The molecule has 4 heteroatoms. The summed E-state index contributed by atoms with van der Waals surface area (Å²) in [5, 5.41) is 9.69. The van der Waals surface area contributed by atoms with E-state index in [2.05, 4.69) is 6.08 Å². The van der Waals surface area contributed by atoms with E-state index in [0.29, 0.717) is 25.8 Å². The number of amides is 1. The van der Waals surface area contributed by atoms with Gasteiger partial charge in [0.05, 0.1) is 0 Å². The van der Waals surface area contributed by atoms with Crippen LogP contribution in [0, 0.1) is 5.92 Å². The smallest absolute Gasteiger partial charge is 0.329 e. The summed E-state index contributed by atoms with van der Waals surface area (Å²) < 4.78 is 0. The fourth-order valence-corrected chi connectivity index (χ4v) is 3.08. The lowest BCUT2D eigenvalue weighted by molar-refractivity contribution is -0.158. The van der Waals surface area contributed by atoms with Crippen LogP contribution in [0.25, 0.3) is 0 Å². The highest BCUT2D eigenvalue weighted by atomic mass is 16.4. The van der Waals surface area contributed by atoms with Gasteiger partial charge < -0.3 is 10.0 Å². The highest BCUT2D eigenvalue weighted by Crippen LogP contribution is 2.34. The van der Waals surface area contributed by atoms with Crippen LogP contribution in [0.1, 0.15) is 59.8 Å². The number of likely N-dealkylation sites (tertiary alicyclic amines) is 1. The van der Waals surface area contributed by atoms with Gasteiger partial charge in [0.2, 0.25) is 5.91 Å². The van der Waals surface area contributed by atoms with Crippen molar-refractivity contribution in [3.05, 3.63) is 11.6 Å². The van der Waals surface area contributed by atoms with Crippen LogP contribution in [-0.4, -0.2) is 34.0 Å². The maximum Gasteiger partial charge on any atom is 0.329 e.